The van der Waals surface area contributed by atoms with E-state index >= 15 is 0 Å². The lowest BCUT2D eigenvalue weighted by Gasteiger charge is -2.40. The second-order valence-electron chi connectivity index (χ2n) is 4.77. The lowest BCUT2D eigenvalue weighted by molar-refractivity contribution is 0.374. The van der Waals surface area contributed by atoms with E-state index < -0.39 is 0 Å². The van der Waals surface area contributed by atoms with Gasteiger partial charge in [-0.25, -0.2) is 0 Å². The molecule has 1 N–H and O–H groups in total. The van der Waals surface area contributed by atoms with Crippen molar-refractivity contribution in [1.82, 2.24) is 5.32 Å². The van der Waals surface area contributed by atoms with Crippen LogP contribution in [0.4, 0.5) is 5.69 Å². The zero-order valence-corrected chi connectivity index (χ0v) is 12.8. The van der Waals surface area contributed by atoms with Crippen LogP contribution in [0.3, 0.4) is 0 Å². The van der Waals surface area contributed by atoms with Gasteiger partial charge >= 0.3 is 0 Å². The minimum atomic E-state index is 0.628. The van der Waals surface area contributed by atoms with Crippen LogP contribution in [0.15, 0.2) is 24.3 Å². The maximum Gasteiger partial charge on any atom is 0.0504 e. The van der Waals surface area contributed by atoms with Crippen molar-refractivity contribution in [3.63, 3.8) is 0 Å². The van der Waals surface area contributed by atoms with Gasteiger partial charge in [0.05, 0.1) is 5.69 Å². The number of halogens is 1. The highest BCUT2D eigenvalue weighted by atomic mass is 127. The SMILES string of the molecule is CCNC1CCN(c2ccccc2I)C(C)C1. The van der Waals surface area contributed by atoms with E-state index in [1.807, 2.05) is 0 Å². The molecule has 1 aliphatic heterocycles. The first-order valence-electron chi connectivity index (χ1n) is 6.47. The molecule has 1 aliphatic rings. The van der Waals surface area contributed by atoms with Crippen molar-refractivity contribution in [2.75, 3.05) is 18.0 Å². The highest BCUT2D eigenvalue weighted by Crippen LogP contribution is 2.28. The largest absolute Gasteiger partial charge is 0.368 e. The fourth-order valence-electron chi connectivity index (χ4n) is 2.69. The fourth-order valence-corrected chi connectivity index (χ4v) is 3.39. The molecule has 1 aromatic rings. The van der Waals surface area contributed by atoms with Crippen LogP contribution in [-0.2, 0) is 0 Å². The zero-order valence-electron chi connectivity index (χ0n) is 10.6. The monoisotopic (exact) mass is 344 g/mol. The molecule has 0 radical (unpaired) electrons. The van der Waals surface area contributed by atoms with Crippen LogP contribution in [0.2, 0.25) is 0 Å². The summed E-state index contributed by atoms with van der Waals surface area (Å²) >= 11 is 2.44. The molecule has 1 heterocycles. The molecule has 2 rings (SSSR count). The van der Waals surface area contributed by atoms with Gasteiger partial charge in [-0.05, 0) is 61.0 Å². The lowest BCUT2D eigenvalue weighted by Crippen LogP contribution is -2.47. The molecule has 0 bridgehead atoms. The summed E-state index contributed by atoms with van der Waals surface area (Å²) in [4.78, 5) is 2.55. The predicted molar refractivity (Wildman–Crippen MR) is 82.7 cm³/mol. The average Bonchev–Trinajstić information content (AvgIpc) is 2.31. The summed E-state index contributed by atoms with van der Waals surface area (Å²) in [6.45, 7) is 6.78. The molecule has 94 valence electrons. The fraction of sp³-hybridized carbons (Fsp3) is 0.571. The molecule has 1 aromatic carbocycles. The van der Waals surface area contributed by atoms with Crippen molar-refractivity contribution in [3.05, 3.63) is 27.8 Å². The number of nitrogens with zero attached hydrogens (tertiary/aromatic N) is 1. The van der Waals surface area contributed by atoms with Gasteiger partial charge in [-0.3, -0.25) is 0 Å². The summed E-state index contributed by atoms with van der Waals surface area (Å²) in [5.41, 5.74) is 1.40. The Balaban J connectivity index is 2.07. The summed E-state index contributed by atoms with van der Waals surface area (Å²) in [7, 11) is 0. The number of hydrogen-bond donors (Lipinski definition) is 1. The zero-order chi connectivity index (χ0) is 12.3. The molecule has 0 spiro atoms. The van der Waals surface area contributed by atoms with E-state index in [9.17, 15) is 0 Å². The van der Waals surface area contributed by atoms with Gasteiger partial charge in [-0.2, -0.15) is 0 Å². The Kier molecular flexibility index (Phi) is 4.68. The highest BCUT2D eigenvalue weighted by molar-refractivity contribution is 14.1. The summed E-state index contributed by atoms with van der Waals surface area (Å²) < 4.78 is 1.36. The number of benzene rings is 1. The van der Waals surface area contributed by atoms with Crippen LogP contribution in [0, 0.1) is 3.57 Å². The van der Waals surface area contributed by atoms with E-state index in [4.69, 9.17) is 0 Å². The third-order valence-electron chi connectivity index (χ3n) is 3.53. The number of para-hydroxylation sites is 1. The van der Waals surface area contributed by atoms with Crippen molar-refractivity contribution in [3.8, 4) is 0 Å². The Morgan fingerprint density at radius 2 is 2.18 bits per heavy atom. The standard InChI is InChI=1S/C14H21IN2/c1-3-16-12-8-9-17(11(2)10-12)14-7-5-4-6-13(14)15/h4-7,11-12,16H,3,8-10H2,1-2H3. The first kappa shape index (κ1) is 13.1. The molecule has 2 atom stereocenters. The molecule has 1 fully saturated rings. The Morgan fingerprint density at radius 3 is 2.82 bits per heavy atom. The molecule has 3 heteroatoms. The molecule has 0 amide bonds. The van der Waals surface area contributed by atoms with Crippen molar-refractivity contribution >= 4 is 28.3 Å². The van der Waals surface area contributed by atoms with Crippen molar-refractivity contribution in [2.24, 2.45) is 0 Å². The Bertz CT molecular complexity index is 367. The quantitative estimate of drug-likeness (QED) is 0.847. The van der Waals surface area contributed by atoms with Gasteiger partial charge in [-0.1, -0.05) is 19.1 Å². The Morgan fingerprint density at radius 1 is 1.41 bits per heavy atom. The van der Waals surface area contributed by atoms with Gasteiger partial charge in [0.25, 0.3) is 0 Å². The van der Waals surface area contributed by atoms with Gasteiger partial charge in [0.1, 0.15) is 0 Å². The highest BCUT2D eigenvalue weighted by Gasteiger charge is 2.25. The molecule has 2 nitrogen and oxygen atoms in total. The number of hydrogen-bond acceptors (Lipinski definition) is 2. The van der Waals surface area contributed by atoms with Gasteiger partial charge in [0.2, 0.25) is 0 Å². The third-order valence-corrected chi connectivity index (χ3v) is 4.44. The van der Waals surface area contributed by atoms with Crippen LogP contribution < -0.4 is 10.2 Å². The minimum absolute atomic E-state index is 0.628. The number of rotatable bonds is 3. The van der Waals surface area contributed by atoms with Crippen molar-refractivity contribution < 1.29 is 0 Å². The van der Waals surface area contributed by atoms with Crippen molar-refractivity contribution in [2.45, 2.75) is 38.8 Å². The smallest absolute Gasteiger partial charge is 0.0504 e. The van der Waals surface area contributed by atoms with E-state index in [0.717, 1.165) is 6.54 Å². The predicted octanol–water partition coefficient (Wildman–Crippen LogP) is 3.26. The van der Waals surface area contributed by atoms with E-state index in [1.165, 1.54) is 28.6 Å². The van der Waals surface area contributed by atoms with Gasteiger partial charge in [0.15, 0.2) is 0 Å². The summed E-state index contributed by atoms with van der Waals surface area (Å²) in [5.74, 6) is 0. The van der Waals surface area contributed by atoms with E-state index in [1.54, 1.807) is 0 Å². The maximum absolute atomic E-state index is 3.57. The number of nitrogens with one attached hydrogen (secondary N) is 1. The van der Waals surface area contributed by atoms with Gasteiger partial charge < -0.3 is 10.2 Å². The molecule has 2 unspecified atom stereocenters. The maximum atomic E-state index is 3.57. The van der Waals surface area contributed by atoms with Gasteiger partial charge in [-0.15, -0.1) is 0 Å². The average molecular weight is 344 g/mol. The normalized spacial score (nSPS) is 25.0. The number of anilines is 1. The summed E-state index contributed by atoms with van der Waals surface area (Å²) in [5, 5.41) is 3.57. The second kappa shape index (κ2) is 6.05. The Hall–Kier alpha value is -0.290. The number of piperidine rings is 1. The lowest BCUT2D eigenvalue weighted by atomic mass is 9.97. The molecule has 0 aromatic heterocycles. The van der Waals surface area contributed by atoms with E-state index in [0.29, 0.717) is 12.1 Å². The van der Waals surface area contributed by atoms with Crippen molar-refractivity contribution in [1.29, 1.82) is 0 Å². The first-order valence-corrected chi connectivity index (χ1v) is 7.54. The molecular weight excluding hydrogens is 323 g/mol. The van der Waals surface area contributed by atoms with Crippen LogP contribution in [0.1, 0.15) is 26.7 Å². The molecular formula is C14H21IN2. The van der Waals surface area contributed by atoms with Crippen LogP contribution in [0.25, 0.3) is 0 Å². The second-order valence-corrected chi connectivity index (χ2v) is 5.93. The van der Waals surface area contributed by atoms with Crippen LogP contribution >= 0.6 is 22.6 Å². The molecule has 0 saturated carbocycles. The summed E-state index contributed by atoms with van der Waals surface area (Å²) in [6.07, 6.45) is 2.50. The minimum Gasteiger partial charge on any atom is -0.368 e. The first-order chi connectivity index (χ1) is 8.22. The Labute approximate surface area is 118 Å². The molecule has 0 aliphatic carbocycles. The van der Waals surface area contributed by atoms with Crippen LogP contribution in [0.5, 0.6) is 0 Å². The molecule has 1 saturated heterocycles. The third kappa shape index (κ3) is 3.13. The van der Waals surface area contributed by atoms with E-state index in [-0.39, 0.29) is 0 Å². The topological polar surface area (TPSA) is 15.3 Å². The van der Waals surface area contributed by atoms with E-state index in [2.05, 4.69) is 70.9 Å². The van der Waals surface area contributed by atoms with Crippen LogP contribution in [-0.4, -0.2) is 25.2 Å². The van der Waals surface area contributed by atoms with Gasteiger partial charge in [0, 0.05) is 22.2 Å². The molecule has 17 heavy (non-hydrogen) atoms. The summed E-state index contributed by atoms with van der Waals surface area (Å²) in [6, 6.07) is 10.0.